The molecule has 0 bridgehead atoms. The smallest absolute Gasteiger partial charge is 0.0773 e. The molecule has 2 radical (unpaired) electrons. The fraction of sp³-hybridized carbons (Fsp3) is 0.0769. The molecule has 1 heterocycles. The molecule has 2 heteroatoms. The fourth-order valence-electron chi connectivity index (χ4n) is 3.96. The molecule has 0 aliphatic heterocycles. The summed E-state index contributed by atoms with van der Waals surface area (Å²) in [7, 11) is 0.800. The normalized spacial score (nSPS) is 11.4. The highest BCUT2D eigenvalue weighted by atomic mass is 28.2. The number of rotatable bonds is 3. The lowest BCUT2D eigenvalue weighted by Gasteiger charge is -2.08. The van der Waals surface area contributed by atoms with Crippen LogP contribution in [0.3, 0.4) is 0 Å². The van der Waals surface area contributed by atoms with Crippen molar-refractivity contribution >= 4 is 36.5 Å². The standard InChI is InChI=1S/C26H21NSi/c1-18-8-10-19(11-9-18)20-12-14-25-23(16-20)24-17-22(28-2)13-15-26(24)27(25)21-6-4-3-5-7-21/h3-17H,1-2H3. The van der Waals surface area contributed by atoms with Gasteiger partial charge in [0.15, 0.2) is 0 Å². The number of hydrogen-bond acceptors (Lipinski definition) is 0. The molecule has 0 unspecified atom stereocenters. The van der Waals surface area contributed by atoms with E-state index in [9.17, 15) is 0 Å². The second-order valence-corrected chi connectivity index (χ2v) is 8.33. The average molecular weight is 376 g/mol. The van der Waals surface area contributed by atoms with Crippen molar-refractivity contribution in [2.45, 2.75) is 13.5 Å². The monoisotopic (exact) mass is 375 g/mol. The molecular weight excluding hydrogens is 354 g/mol. The first-order valence-electron chi connectivity index (χ1n) is 9.63. The Labute approximate surface area is 168 Å². The van der Waals surface area contributed by atoms with Crippen molar-refractivity contribution in [2.24, 2.45) is 0 Å². The third-order valence-corrected chi connectivity index (χ3v) is 6.34. The molecule has 0 saturated heterocycles. The van der Waals surface area contributed by atoms with E-state index in [-0.39, 0.29) is 0 Å². The first-order valence-corrected chi connectivity index (χ1v) is 11.1. The van der Waals surface area contributed by atoms with Crippen LogP contribution in [0.4, 0.5) is 0 Å². The zero-order chi connectivity index (χ0) is 19.1. The van der Waals surface area contributed by atoms with Crippen LogP contribution < -0.4 is 5.19 Å². The molecule has 0 atom stereocenters. The maximum atomic E-state index is 2.38. The molecule has 5 rings (SSSR count). The lowest BCUT2D eigenvalue weighted by molar-refractivity contribution is 1.18. The van der Waals surface area contributed by atoms with Gasteiger partial charge >= 0.3 is 0 Å². The minimum absolute atomic E-state index is 0.800. The Morgan fingerprint density at radius 3 is 2.00 bits per heavy atom. The van der Waals surface area contributed by atoms with Crippen molar-refractivity contribution < 1.29 is 0 Å². The maximum Gasteiger partial charge on any atom is 0.0773 e. The fourth-order valence-corrected chi connectivity index (χ4v) is 4.50. The van der Waals surface area contributed by atoms with Gasteiger partial charge in [0.05, 0.1) is 20.6 Å². The Kier molecular flexibility index (Phi) is 4.14. The van der Waals surface area contributed by atoms with Crippen molar-refractivity contribution in [3.8, 4) is 16.8 Å². The number of para-hydroxylation sites is 1. The predicted octanol–water partition coefficient (Wildman–Crippen LogP) is 6.14. The van der Waals surface area contributed by atoms with Gasteiger partial charge in [-0.05, 0) is 48.4 Å². The Morgan fingerprint density at radius 2 is 1.29 bits per heavy atom. The van der Waals surface area contributed by atoms with E-state index in [0.29, 0.717) is 0 Å². The van der Waals surface area contributed by atoms with E-state index >= 15 is 0 Å². The van der Waals surface area contributed by atoms with Crippen molar-refractivity contribution in [3.05, 3.63) is 96.6 Å². The van der Waals surface area contributed by atoms with Crippen LogP contribution in [-0.4, -0.2) is 14.1 Å². The molecule has 0 fully saturated rings. The van der Waals surface area contributed by atoms with Crippen molar-refractivity contribution in [1.29, 1.82) is 0 Å². The Balaban J connectivity index is 1.83. The number of hydrogen-bond donors (Lipinski definition) is 0. The van der Waals surface area contributed by atoms with Gasteiger partial charge in [0.2, 0.25) is 0 Å². The molecule has 0 N–H and O–H groups in total. The summed E-state index contributed by atoms with van der Waals surface area (Å²) < 4.78 is 2.38. The lowest BCUT2D eigenvalue weighted by Crippen LogP contribution is -2.09. The highest BCUT2D eigenvalue weighted by Crippen LogP contribution is 2.34. The number of benzene rings is 4. The van der Waals surface area contributed by atoms with Gasteiger partial charge in [-0.3, -0.25) is 0 Å². The molecule has 134 valence electrons. The third-order valence-electron chi connectivity index (χ3n) is 5.45. The molecule has 0 spiro atoms. The molecule has 28 heavy (non-hydrogen) atoms. The Morgan fingerprint density at radius 1 is 0.643 bits per heavy atom. The van der Waals surface area contributed by atoms with Gasteiger partial charge < -0.3 is 4.57 Å². The highest BCUT2D eigenvalue weighted by Gasteiger charge is 2.13. The molecular formula is C26H21NSi. The molecule has 0 aliphatic carbocycles. The first-order chi connectivity index (χ1) is 13.7. The summed E-state index contributed by atoms with van der Waals surface area (Å²) in [6.07, 6.45) is 0. The van der Waals surface area contributed by atoms with Crippen molar-refractivity contribution in [2.75, 3.05) is 0 Å². The van der Waals surface area contributed by atoms with Crippen molar-refractivity contribution in [1.82, 2.24) is 4.57 Å². The van der Waals surface area contributed by atoms with E-state index in [4.69, 9.17) is 0 Å². The van der Waals surface area contributed by atoms with Crippen LogP contribution in [0.2, 0.25) is 6.55 Å². The molecule has 1 nitrogen and oxygen atoms in total. The summed E-state index contributed by atoms with van der Waals surface area (Å²) in [5.74, 6) is 0. The zero-order valence-electron chi connectivity index (χ0n) is 16.1. The van der Waals surface area contributed by atoms with Crippen LogP contribution in [0, 0.1) is 6.92 Å². The van der Waals surface area contributed by atoms with Gasteiger partial charge in [-0.2, -0.15) is 0 Å². The van der Waals surface area contributed by atoms with Gasteiger partial charge in [-0.15, -0.1) is 0 Å². The number of fused-ring (bicyclic) bond motifs is 3. The number of aromatic nitrogens is 1. The van der Waals surface area contributed by atoms with Crippen molar-refractivity contribution in [3.63, 3.8) is 0 Å². The quantitative estimate of drug-likeness (QED) is 0.334. The van der Waals surface area contributed by atoms with Gasteiger partial charge in [-0.1, -0.05) is 78.0 Å². The van der Waals surface area contributed by atoms with Crippen LogP contribution in [0.1, 0.15) is 5.56 Å². The molecule has 0 aliphatic rings. The third kappa shape index (κ3) is 2.78. The Hall–Kier alpha value is -3.10. The first kappa shape index (κ1) is 17.0. The average Bonchev–Trinajstić information content (AvgIpc) is 3.07. The highest BCUT2D eigenvalue weighted by molar-refractivity contribution is 6.52. The summed E-state index contributed by atoms with van der Waals surface area (Å²) in [6.45, 7) is 4.38. The van der Waals surface area contributed by atoms with Gasteiger partial charge in [0.1, 0.15) is 0 Å². The molecule has 4 aromatic carbocycles. The van der Waals surface area contributed by atoms with E-state index in [2.05, 4.69) is 109 Å². The second-order valence-electron chi connectivity index (χ2n) is 7.25. The summed E-state index contributed by atoms with van der Waals surface area (Å²) in [6, 6.07) is 33.2. The van der Waals surface area contributed by atoms with Gasteiger partial charge in [-0.25, -0.2) is 0 Å². The van der Waals surface area contributed by atoms with E-state index in [1.165, 1.54) is 49.4 Å². The number of aryl methyl sites for hydroxylation is 1. The van der Waals surface area contributed by atoms with Crippen LogP contribution >= 0.6 is 0 Å². The van der Waals surface area contributed by atoms with E-state index in [1.807, 2.05) is 0 Å². The van der Waals surface area contributed by atoms with Crippen LogP contribution in [0.15, 0.2) is 91.0 Å². The van der Waals surface area contributed by atoms with Gasteiger partial charge in [0.25, 0.3) is 0 Å². The summed E-state index contributed by atoms with van der Waals surface area (Å²) >= 11 is 0. The predicted molar refractivity (Wildman–Crippen MR) is 122 cm³/mol. The van der Waals surface area contributed by atoms with E-state index in [0.717, 1.165) is 9.52 Å². The summed E-state index contributed by atoms with van der Waals surface area (Å²) in [4.78, 5) is 0. The SMILES string of the molecule is C[Si]c1ccc2c(c1)c1cc(-c3ccc(C)cc3)ccc1n2-c1ccccc1. The second kappa shape index (κ2) is 6.81. The molecule has 1 aromatic heterocycles. The maximum absolute atomic E-state index is 2.38. The lowest BCUT2D eigenvalue weighted by atomic mass is 10.0. The largest absolute Gasteiger partial charge is 0.309 e. The molecule has 0 amide bonds. The Bertz CT molecular complexity index is 1280. The zero-order valence-corrected chi connectivity index (χ0v) is 17.1. The summed E-state index contributed by atoms with van der Waals surface area (Å²) in [5, 5.41) is 4.05. The minimum Gasteiger partial charge on any atom is -0.309 e. The number of nitrogens with zero attached hydrogens (tertiary/aromatic N) is 1. The summed E-state index contributed by atoms with van der Waals surface area (Å²) in [5.41, 5.74) is 7.56. The molecule has 5 aromatic rings. The van der Waals surface area contributed by atoms with Crippen LogP contribution in [0.25, 0.3) is 38.6 Å². The van der Waals surface area contributed by atoms with Crippen LogP contribution in [-0.2, 0) is 0 Å². The molecule has 0 saturated carbocycles. The topological polar surface area (TPSA) is 4.93 Å². The van der Waals surface area contributed by atoms with E-state index in [1.54, 1.807) is 0 Å². The van der Waals surface area contributed by atoms with Gasteiger partial charge in [0, 0.05) is 16.5 Å². The van der Waals surface area contributed by atoms with E-state index < -0.39 is 0 Å². The van der Waals surface area contributed by atoms with Crippen LogP contribution in [0.5, 0.6) is 0 Å². The minimum atomic E-state index is 0.800.